The summed E-state index contributed by atoms with van der Waals surface area (Å²) in [5.41, 5.74) is 3.22. The SMILES string of the molecule is Cc1nc(Cn2cnc(-c3ccccc3)c2-c2ccc(C)o2)cc(=O)[nH]1. The Hall–Kier alpha value is -3.41. The van der Waals surface area contributed by atoms with Crippen LogP contribution in [0, 0.1) is 13.8 Å². The third kappa shape index (κ3) is 3.09. The summed E-state index contributed by atoms with van der Waals surface area (Å²) in [4.78, 5) is 23.4. The minimum Gasteiger partial charge on any atom is -0.460 e. The first-order valence-corrected chi connectivity index (χ1v) is 8.34. The van der Waals surface area contributed by atoms with Gasteiger partial charge in [0, 0.05) is 11.6 Å². The van der Waals surface area contributed by atoms with Crippen LogP contribution in [0.5, 0.6) is 0 Å². The molecule has 0 unspecified atom stereocenters. The molecule has 0 fully saturated rings. The van der Waals surface area contributed by atoms with Crippen LogP contribution in [0.15, 0.2) is 64.1 Å². The van der Waals surface area contributed by atoms with E-state index in [0.717, 1.165) is 28.5 Å². The first kappa shape index (κ1) is 16.1. The Bertz CT molecular complexity index is 1110. The Kier molecular flexibility index (Phi) is 4.01. The maximum atomic E-state index is 11.7. The van der Waals surface area contributed by atoms with Gasteiger partial charge in [-0.05, 0) is 26.0 Å². The van der Waals surface area contributed by atoms with Crippen molar-refractivity contribution >= 4 is 0 Å². The Morgan fingerprint density at radius 1 is 1.12 bits per heavy atom. The smallest absolute Gasteiger partial charge is 0.251 e. The summed E-state index contributed by atoms with van der Waals surface area (Å²) < 4.78 is 7.83. The summed E-state index contributed by atoms with van der Waals surface area (Å²) in [6.45, 7) is 4.11. The summed E-state index contributed by atoms with van der Waals surface area (Å²) in [5, 5.41) is 0. The van der Waals surface area contributed by atoms with Gasteiger partial charge < -0.3 is 14.0 Å². The molecule has 3 aromatic heterocycles. The molecule has 0 amide bonds. The van der Waals surface area contributed by atoms with E-state index >= 15 is 0 Å². The van der Waals surface area contributed by atoms with Crippen molar-refractivity contribution in [2.24, 2.45) is 0 Å². The van der Waals surface area contributed by atoms with Crippen molar-refractivity contribution in [3.63, 3.8) is 0 Å². The van der Waals surface area contributed by atoms with E-state index in [2.05, 4.69) is 15.0 Å². The lowest BCUT2D eigenvalue weighted by Crippen LogP contribution is -2.13. The van der Waals surface area contributed by atoms with Gasteiger partial charge in [0.15, 0.2) is 5.76 Å². The lowest BCUT2D eigenvalue weighted by Gasteiger charge is -2.08. The molecule has 26 heavy (non-hydrogen) atoms. The fourth-order valence-electron chi connectivity index (χ4n) is 3.03. The highest BCUT2D eigenvalue weighted by Gasteiger charge is 2.18. The standard InChI is InChI=1S/C20H18N4O2/c1-13-8-9-17(26-13)20-19(15-6-4-3-5-7-15)21-12-24(20)11-16-10-18(25)23-14(2)22-16/h3-10,12H,11H2,1-2H3,(H,22,23,25). The topological polar surface area (TPSA) is 76.7 Å². The first-order chi connectivity index (χ1) is 12.6. The van der Waals surface area contributed by atoms with E-state index in [1.165, 1.54) is 6.07 Å². The van der Waals surface area contributed by atoms with E-state index in [1.54, 1.807) is 13.3 Å². The van der Waals surface area contributed by atoms with Gasteiger partial charge >= 0.3 is 0 Å². The first-order valence-electron chi connectivity index (χ1n) is 8.34. The van der Waals surface area contributed by atoms with E-state index in [1.807, 2.05) is 54.0 Å². The highest BCUT2D eigenvalue weighted by Crippen LogP contribution is 2.32. The molecule has 0 radical (unpaired) electrons. The van der Waals surface area contributed by atoms with Gasteiger partial charge in [-0.2, -0.15) is 0 Å². The molecular formula is C20H18N4O2. The number of rotatable bonds is 4. The highest BCUT2D eigenvalue weighted by molar-refractivity contribution is 5.76. The number of furan rings is 1. The van der Waals surface area contributed by atoms with E-state index < -0.39 is 0 Å². The maximum absolute atomic E-state index is 11.7. The number of H-pyrrole nitrogens is 1. The Labute approximate surface area is 150 Å². The van der Waals surface area contributed by atoms with E-state index in [4.69, 9.17) is 4.42 Å². The summed E-state index contributed by atoms with van der Waals surface area (Å²) in [7, 11) is 0. The van der Waals surface area contributed by atoms with Crippen LogP contribution in [0.1, 0.15) is 17.3 Å². The minimum atomic E-state index is -0.161. The molecule has 0 spiro atoms. The van der Waals surface area contributed by atoms with E-state index in [9.17, 15) is 4.79 Å². The molecule has 0 atom stereocenters. The van der Waals surface area contributed by atoms with Crippen LogP contribution in [0.25, 0.3) is 22.7 Å². The zero-order chi connectivity index (χ0) is 18.1. The van der Waals surface area contributed by atoms with Crippen LogP contribution in [-0.4, -0.2) is 19.5 Å². The fourth-order valence-corrected chi connectivity index (χ4v) is 3.03. The monoisotopic (exact) mass is 346 g/mol. The van der Waals surface area contributed by atoms with E-state index in [-0.39, 0.29) is 5.56 Å². The maximum Gasteiger partial charge on any atom is 0.251 e. The van der Waals surface area contributed by atoms with Crippen molar-refractivity contribution in [1.82, 2.24) is 19.5 Å². The number of benzene rings is 1. The molecule has 4 aromatic rings. The molecule has 4 rings (SSSR count). The number of nitrogens with zero attached hydrogens (tertiary/aromatic N) is 3. The average Bonchev–Trinajstić information content (AvgIpc) is 3.21. The number of aromatic nitrogens is 4. The predicted molar refractivity (Wildman–Crippen MR) is 98.8 cm³/mol. The summed E-state index contributed by atoms with van der Waals surface area (Å²) in [5.74, 6) is 2.16. The molecule has 6 nitrogen and oxygen atoms in total. The van der Waals surface area contributed by atoms with Crippen molar-refractivity contribution in [3.05, 3.63) is 82.5 Å². The lowest BCUT2D eigenvalue weighted by atomic mass is 10.1. The minimum absolute atomic E-state index is 0.161. The van der Waals surface area contributed by atoms with Crippen molar-refractivity contribution in [1.29, 1.82) is 0 Å². The largest absolute Gasteiger partial charge is 0.460 e. The summed E-state index contributed by atoms with van der Waals surface area (Å²) in [6, 6.07) is 15.3. The third-order valence-corrected chi connectivity index (χ3v) is 4.10. The molecule has 0 saturated heterocycles. The number of nitrogens with one attached hydrogen (secondary N) is 1. The van der Waals surface area contributed by atoms with Gasteiger partial charge in [0.2, 0.25) is 0 Å². The van der Waals surface area contributed by atoms with Crippen molar-refractivity contribution < 1.29 is 4.42 Å². The van der Waals surface area contributed by atoms with Gasteiger partial charge in [0.1, 0.15) is 17.3 Å². The Morgan fingerprint density at radius 3 is 2.62 bits per heavy atom. The second kappa shape index (κ2) is 6.48. The second-order valence-electron chi connectivity index (χ2n) is 6.17. The van der Waals surface area contributed by atoms with Gasteiger partial charge in [0.05, 0.1) is 24.3 Å². The van der Waals surface area contributed by atoms with Crippen molar-refractivity contribution in [2.75, 3.05) is 0 Å². The van der Waals surface area contributed by atoms with Crippen molar-refractivity contribution in [3.8, 4) is 22.7 Å². The predicted octanol–water partition coefficient (Wildman–Crippen LogP) is 3.56. The van der Waals surface area contributed by atoms with Crippen LogP contribution in [0.2, 0.25) is 0 Å². The van der Waals surface area contributed by atoms with Gasteiger partial charge in [-0.25, -0.2) is 9.97 Å². The van der Waals surface area contributed by atoms with Crippen LogP contribution < -0.4 is 5.56 Å². The number of hydrogen-bond acceptors (Lipinski definition) is 4. The molecule has 0 aliphatic heterocycles. The quantitative estimate of drug-likeness (QED) is 0.613. The zero-order valence-electron chi connectivity index (χ0n) is 14.6. The average molecular weight is 346 g/mol. The second-order valence-corrected chi connectivity index (χ2v) is 6.17. The van der Waals surface area contributed by atoms with Gasteiger partial charge in [-0.3, -0.25) is 4.79 Å². The van der Waals surface area contributed by atoms with E-state index in [0.29, 0.717) is 18.1 Å². The molecule has 0 saturated carbocycles. The Balaban J connectivity index is 1.84. The highest BCUT2D eigenvalue weighted by atomic mass is 16.3. The van der Waals surface area contributed by atoms with Gasteiger partial charge in [-0.15, -0.1) is 0 Å². The summed E-state index contributed by atoms with van der Waals surface area (Å²) >= 11 is 0. The number of imidazole rings is 1. The molecule has 130 valence electrons. The number of hydrogen-bond donors (Lipinski definition) is 1. The normalized spacial score (nSPS) is 11.0. The van der Waals surface area contributed by atoms with Crippen LogP contribution in [-0.2, 0) is 6.54 Å². The van der Waals surface area contributed by atoms with Gasteiger partial charge in [-0.1, -0.05) is 30.3 Å². The molecule has 0 aliphatic rings. The molecule has 1 N–H and O–H groups in total. The fraction of sp³-hybridized carbons (Fsp3) is 0.150. The molecule has 0 aliphatic carbocycles. The molecule has 6 heteroatoms. The Morgan fingerprint density at radius 2 is 1.92 bits per heavy atom. The molecule has 0 bridgehead atoms. The lowest BCUT2D eigenvalue weighted by molar-refractivity contribution is 0.542. The van der Waals surface area contributed by atoms with Crippen LogP contribution in [0.3, 0.4) is 0 Å². The van der Waals surface area contributed by atoms with Crippen molar-refractivity contribution in [2.45, 2.75) is 20.4 Å². The third-order valence-electron chi connectivity index (χ3n) is 4.10. The zero-order valence-corrected chi connectivity index (χ0v) is 14.6. The molecular weight excluding hydrogens is 328 g/mol. The number of aromatic amines is 1. The van der Waals surface area contributed by atoms with Gasteiger partial charge in [0.25, 0.3) is 5.56 Å². The van der Waals surface area contributed by atoms with Crippen LogP contribution in [0.4, 0.5) is 0 Å². The van der Waals surface area contributed by atoms with Crippen LogP contribution >= 0.6 is 0 Å². The molecule has 3 heterocycles. The molecule has 1 aromatic carbocycles. The summed E-state index contributed by atoms with van der Waals surface area (Å²) in [6.07, 6.45) is 1.76. The number of aryl methyl sites for hydroxylation is 2.